The molecule has 5 heteroatoms. The molecule has 0 bridgehead atoms. The van der Waals surface area contributed by atoms with Gasteiger partial charge in [-0.3, -0.25) is 9.59 Å². The molecule has 0 aliphatic heterocycles. The van der Waals surface area contributed by atoms with Crippen molar-refractivity contribution in [3.8, 4) is 0 Å². The average molecular weight is 308 g/mol. The second kappa shape index (κ2) is 8.72. The molecule has 21 heavy (non-hydrogen) atoms. The SMILES string of the molecule is CC(=O)N[C@H](C(=O)NCCSc1ccc(C)cc1)C(C)C. The van der Waals surface area contributed by atoms with Crippen LogP contribution in [0.4, 0.5) is 0 Å². The highest BCUT2D eigenvalue weighted by atomic mass is 32.2. The van der Waals surface area contributed by atoms with Gasteiger partial charge in [-0.1, -0.05) is 31.5 Å². The van der Waals surface area contributed by atoms with E-state index in [1.165, 1.54) is 17.4 Å². The van der Waals surface area contributed by atoms with E-state index >= 15 is 0 Å². The molecule has 1 atom stereocenters. The Hall–Kier alpha value is -1.49. The Morgan fingerprint density at radius 1 is 1.19 bits per heavy atom. The molecular weight excluding hydrogens is 284 g/mol. The van der Waals surface area contributed by atoms with Crippen molar-refractivity contribution in [3.63, 3.8) is 0 Å². The smallest absolute Gasteiger partial charge is 0.242 e. The second-order valence-corrected chi connectivity index (χ2v) is 6.54. The van der Waals surface area contributed by atoms with Crippen LogP contribution in [0.3, 0.4) is 0 Å². The second-order valence-electron chi connectivity index (χ2n) is 5.37. The van der Waals surface area contributed by atoms with Crippen LogP contribution in [0.15, 0.2) is 29.2 Å². The van der Waals surface area contributed by atoms with Gasteiger partial charge in [-0.25, -0.2) is 0 Å². The van der Waals surface area contributed by atoms with Crippen molar-refractivity contribution in [2.45, 2.75) is 38.6 Å². The zero-order valence-electron chi connectivity index (χ0n) is 13.1. The zero-order valence-corrected chi connectivity index (χ0v) is 13.9. The molecule has 0 aliphatic rings. The minimum atomic E-state index is -0.466. The topological polar surface area (TPSA) is 58.2 Å². The Kier molecular flexibility index (Phi) is 7.29. The third kappa shape index (κ3) is 6.67. The summed E-state index contributed by atoms with van der Waals surface area (Å²) < 4.78 is 0. The maximum Gasteiger partial charge on any atom is 0.242 e. The van der Waals surface area contributed by atoms with E-state index in [2.05, 4.69) is 41.8 Å². The fraction of sp³-hybridized carbons (Fsp3) is 0.500. The van der Waals surface area contributed by atoms with Crippen LogP contribution >= 0.6 is 11.8 Å². The number of carbonyl (C=O) groups excluding carboxylic acids is 2. The highest BCUT2D eigenvalue weighted by molar-refractivity contribution is 7.99. The minimum Gasteiger partial charge on any atom is -0.353 e. The Labute approximate surface area is 131 Å². The van der Waals surface area contributed by atoms with Crippen LogP contribution in [-0.4, -0.2) is 30.2 Å². The maximum absolute atomic E-state index is 12.0. The van der Waals surface area contributed by atoms with Crippen molar-refractivity contribution < 1.29 is 9.59 Å². The van der Waals surface area contributed by atoms with Crippen LogP contribution in [-0.2, 0) is 9.59 Å². The predicted molar refractivity (Wildman–Crippen MR) is 87.4 cm³/mol. The summed E-state index contributed by atoms with van der Waals surface area (Å²) in [5.41, 5.74) is 1.24. The lowest BCUT2D eigenvalue weighted by molar-refractivity contribution is -0.129. The van der Waals surface area contributed by atoms with Gasteiger partial charge in [0.25, 0.3) is 0 Å². The molecule has 0 heterocycles. The Morgan fingerprint density at radius 2 is 1.81 bits per heavy atom. The lowest BCUT2D eigenvalue weighted by atomic mass is 10.0. The highest BCUT2D eigenvalue weighted by Gasteiger charge is 2.22. The van der Waals surface area contributed by atoms with Crippen LogP contribution in [0, 0.1) is 12.8 Å². The lowest BCUT2D eigenvalue weighted by Gasteiger charge is -2.20. The van der Waals surface area contributed by atoms with E-state index in [-0.39, 0.29) is 17.7 Å². The summed E-state index contributed by atoms with van der Waals surface area (Å²) in [6.07, 6.45) is 0. The van der Waals surface area contributed by atoms with Crippen molar-refractivity contribution >= 4 is 23.6 Å². The molecule has 0 saturated heterocycles. The Morgan fingerprint density at radius 3 is 2.33 bits per heavy atom. The number of rotatable bonds is 7. The maximum atomic E-state index is 12.0. The number of benzene rings is 1. The fourth-order valence-electron chi connectivity index (χ4n) is 1.84. The van der Waals surface area contributed by atoms with Gasteiger partial charge in [0.05, 0.1) is 0 Å². The molecule has 1 aromatic rings. The van der Waals surface area contributed by atoms with E-state index in [1.54, 1.807) is 11.8 Å². The summed E-state index contributed by atoms with van der Waals surface area (Å²) in [5.74, 6) is 0.570. The number of nitrogens with one attached hydrogen (secondary N) is 2. The summed E-state index contributed by atoms with van der Waals surface area (Å²) in [5, 5.41) is 5.56. The van der Waals surface area contributed by atoms with E-state index in [1.807, 2.05) is 13.8 Å². The van der Waals surface area contributed by atoms with Gasteiger partial charge in [-0.05, 0) is 25.0 Å². The van der Waals surface area contributed by atoms with Gasteiger partial charge in [0, 0.05) is 24.1 Å². The van der Waals surface area contributed by atoms with E-state index < -0.39 is 6.04 Å². The number of hydrogen-bond acceptors (Lipinski definition) is 3. The quantitative estimate of drug-likeness (QED) is 0.600. The lowest BCUT2D eigenvalue weighted by Crippen LogP contribution is -2.49. The van der Waals surface area contributed by atoms with Crippen LogP contribution in [0.1, 0.15) is 26.3 Å². The summed E-state index contributed by atoms with van der Waals surface area (Å²) in [6.45, 7) is 7.90. The zero-order chi connectivity index (χ0) is 15.8. The Bertz CT molecular complexity index is 472. The minimum absolute atomic E-state index is 0.0682. The van der Waals surface area contributed by atoms with Crippen LogP contribution < -0.4 is 10.6 Å². The third-order valence-electron chi connectivity index (χ3n) is 3.00. The molecule has 2 N–H and O–H groups in total. The molecule has 0 aliphatic carbocycles. The first-order valence-electron chi connectivity index (χ1n) is 7.14. The van der Waals surface area contributed by atoms with Gasteiger partial charge in [0.1, 0.15) is 6.04 Å². The molecule has 0 saturated carbocycles. The van der Waals surface area contributed by atoms with Crippen molar-refractivity contribution in [2.24, 2.45) is 5.92 Å². The van der Waals surface area contributed by atoms with Crippen LogP contribution in [0.5, 0.6) is 0 Å². The van der Waals surface area contributed by atoms with E-state index in [9.17, 15) is 9.59 Å². The van der Waals surface area contributed by atoms with Gasteiger partial charge in [-0.2, -0.15) is 0 Å². The van der Waals surface area contributed by atoms with Gasteiger partial charge < -0.3 is 10.6 Å². The molecule has 0 fully saturated rings. The molecule has 116 valence electrons. The fourth-order valence-corrected chi connectivity index (χ4v) is 2.61. The van der Waals surface area contributed by atoms with Crippen molar-refractivity contribution in [1.29, 1.82) is 0 Å². The molecule has 0 spiro atoms. The summed E-state index contributed by atoms with van der Waals surface area (Å²) in [6, 6.07) is 7.84. The van der Waals surface area contributed by atoms with Gasteiger partial charge in [0.2, 0.25) is 11.8 Å². The van der Waals surface area contributed by atoms with Gasteiger partial charge in [-0.15, -0.1) is 11.8 Å². The molecule has 0 unspecified atom stereocenters. The molecule has 4 nitrogen and oxygen atoms in total. The number of hydrogen-bond donors (Lipinski definition) is 2. The predicted octanol–water partition coefficient (Wildman–Crippen LogP) is 2.36. The first-order valence-corrected chi connectivity index (χ1v) is 8.13. The molecule has 1 rings (SSSR count). The Balaban J connectivity index is 2.34. The first kappa shape index (κ1) is 17.6. The number of amides is 2. The average Bonchev–Trinajstić information content (AvgIpc) is 2.42. The van der Waals surface area contributed by atoms with E-state index in [0.29, 0.717) is 6.54 Å². The number of carbonyl (C=O) groups is 2. The highest BCUT2D eigenvalue weighted by Crippen LogP contribution is 2.17. The molecule has 0 aromatic heterocycles. The van der Waals surface area contributed by atoms with Crippen molar-refractivity contribution in [3.05, 3.63) is 29.8 Å². The normalized spacial score (nSPS) is 12.0. The molecule has 1 aromatic carbocycles. The monoisotopic (exact) mass is 308 g/mol. The first-order chi connectivity index (χ1) is 9.90. The number of thioether (sulfide) groups is 1. The van der Waals surface area contributed by atoms with Gasteiger partial charge in [0.15, 0.2) is 0 Å². The van der Waals surface area contributed by atoms with Crippen molar-refractivity contribution in [2.75, 3.05) is 12.3 Å². The van der Waals surface area contributed by atoms with Gasteiger partial charge >= 0.3 is 0 Å². The van der Waals surface area contributed by atoms with Crippen molar-refractivity contribution in [1.82, 2.24) is 10.6 Å². The summed E-state index contributed by atoms with van der Waals surface area (Å²) in [7, 11) is 0. The van der Waals surface area contributed by atoms with Crippen LogP contribution in [0.2, 0.25) is 0 Å². The molecule has 0 radical (unpaired) electrons. The standard InChI is InChI=1S/C16H24N2O2S/c1-11(2)15(18-13(4)19)16(20)17-9-10-21-14-7-5-12(3)6-8-14/h5-8,11,15H,9-10H2,1-4H3,(H,17,20)(H,18,19)/t15-/m0/s1. The summed E-state index contributed by atoms with van der Waals surface area (Å²) in [4.78, 5) is 24.3. The third-order valence-corrected chi connectivity index (χ3v) is 4.01. The van der Waals surface area contributed by atoms with E-state index in [0.717, 1.165) is 5.75 Å². The number of aryl methyl sites for hydroxylation is 1. The molecular formula is C16H24N2O2S. The summed E-state index contributed by atoms with van der Waals surface area (Å²) >= 11 is 1.70. The molecule has 2 amide bonds. The largest absolute Gasteiger partial charge is 0.353 e. The van der Waals surface area contributed by atoms with E-state index in [4.69, 9.17) is 0 Å². The van der Waals surface area contributed by atoms with Crippen LogP contribution in [0.25, 0.3) is 0 Å².